The molecular weight excluding hydrogens is 626 g/mol. The summed E-state index contributed by atoms with van der Waals surface area (Å²) in [5, 5.41) is 0.508. The van der Waals surface area contributed by atoms with Gasteiger partial charge in [0.05, 0.1) is 49.0 Å². The van der Waals surface area contributed by atoms with Crippen LogP contribution >= 0.6 is 0 Å². The van der Waals surface area contributed by atoms with Gasteiger partial charge in [-0.1, -0.05) is 18.2 Å². The first-order valence-corrected chi connectivity index (χ1v) is 16.6. The van der Waals surface area contributed by atoms with Crippen LogP contribution in [0.25, 0.3) is 10.9 Å². The molecule has 0 radical (unpaired) electrons. The molecule has 4 aromatic rings. The Hall–Kier alpha value is -4.78. The van der Waals surface area contributed by atoms with Crippen LogP contribution < -0.4 is 19.8 Å². The SMILES string of the molecule is COc1ccc(CCn2c(CCN3C(=O)c4ccc(OCCN5CCOC(CN(C)C)C5)cc4C3=O)nc3ccccc3c2=O)cc1OC. The highest BCUT2D eigenvalue weighted by Crippen LogP contribution is 2.29. The molecule has 1 atom stereocenters. The Morgan fingerprint density at radius 3 is 2.47 bits per heavy atom. The standard InChI is InChI=1S/C37H43N5O7/c1-39(2)23-27-24-40(18-20-49-27)17-19-48-26-10-11-28-30(22-26)37(45)42(35(28)43)16-14-34-38-31-8-6-5-7-29(31)36(44)41(34)15-13-25-9-12-32(46-3)33(21-25)47-4/h5-12,21-22,27H,13-20,23-24H2,1-4H3. The number of carbonyl (C=O) groups excluding carboxylic acids is 2. The fraction of sp³-hybridized carbons (Fsp3) is 0.405. The molecule has 1 aromatic heterocycles. The van der Waals surface area contributed by atoms with Crippen molar-refractivity contribution >= 4 is 22.7 Å². The molecule has 49 heavy (non-hydrogen) atoms. The summed E-state index contributed by atoms with van der Waals surface area (Å²) in [7, 11) is 7.24. The van der Waals surface area contributed by atoms with Crippen LogP contribution in [-0.2, 0) is 24.1 Å². The van der Waals surface area contributed by atoms with E-state index in [0.29, 0.717) is 71.3 Å². The second-order valence-electron chi connectivity index (χ2n) is 12.6. The van der Waals surface area contributed by atoms with E-state index in [1.807, 2.05) is 44.4 Å². The van der Waals surface area contributed by atoms with E-state index in [9.17, 15) is 14.4 Å². The molecule has 12 heteroatoms. The number of hydrogen-bond acceptors (Lipinski definition) is 10. The fourth-order valence-corrected chi connectivity index (χ4v) is 6.48. The molecule has 2 amide bonds. The zero-order valence-electron chi connectivity index (χ0n) is 28.5. The number of morpholine rings is 1. The summed E-state index contributed by atoms with van der Waals surface area (Å²) in [5.74, 6) is 1.52. The average Bonchev–Trinajstić information content (AvgIpc) is 3.34. The number of aromatic nitrogens is 2. The van der Waals surface area contributed by atoms with E-state index in [1.165, 1.54) is 4.90 Å². The zero-order chi connectivity index (χ0) is 34.5. The van der Waals surface area contributed by atoms with Crippen LogP contribution in [0.5, 0.6) is 17.2 Å². The van der Waals surface area contributed by atoms with Crippen molar-refractivity contribution in [2.24, 2.45) is 0 Å². The summed E-state index contributed by atoms with van der Waals surface area (Å²) in [6.45, 7) is 4.85. The van der Waals surface area contributed by atoms with Crippen LogP contribution in [0.4, 0.5) is 0 Å². The predicted octanol–water partition coefficient (Wildman–Crippen LogP) is 3.14. The Kier molecular flexibility index (Phi) is 10.6. The minimum atomic E-state index is -0.384. The monoisotopic (exact) mass is 669 g/mol. The summed E-state index contributed by atoms with van der Waals surface area (Å²) >= 11 is 0. The summed E-state index contributed by atoms with van der Waals surface area (Å²) in [6.07, 6.45) is 0.913. The number of ether oxygens (including phenoxy) is 4. The lowest BCUT2D eigenvalue weighted by Crippen LogP contribution is -2.47. The predicted molar refractivity (Wildman–Crippen MR) is 185 cm³/mol. The number of imide groups is 1. The van der Waals surface area contributed by atoms with Crippen molar-refractivity contribution in [1.29, 1.82) is 0 Å². The number of para-hydroxylation sites is 1. The number of benzene rings is 3. The second kappa shape index (κ2) is 15.2. The molecule has 0 saturated carbocycles. The second-order valence-corrected chi connectivity index (χ2v) is 12.6. The van der Waals surface area contributed by atoms with E-state index < -0.39 is 0 Å². The highest BCUT2D eigenvalue weighted by atomic mass is 16.5. The lowest BCUT2D eigenvalue weighted by molar-refractivity contribution is -0.0405. The van der Waals surface area contributed by atoms with Gasteiger partial charge in [0, 0.05) is 45.7 Å². The first-order valence-electron chi connectivity index (χ1n) is 16.6. The first kappa shape index (κ1) is 34.1. The molecule has 3 aromatic carbocycles. The Morgan fingerprint density at radius 2 is 1.67 bits per heavy atom. The van der Waals surface area contributed by atoms with E-state index in [0.717, 1.165) is 31.7 Å². The molecule has 0 N–H and O–H groups in total. The van der Waals surface area contributed by atoms with Crippen LogP contribution in [0.15, 0.2) is 65.5 Å². The third-order valence-electron chi connectivity index (χ3n) is 8.98. The minimum Gasteiger partial charge on any atom is -0.493 e. The number of hydrogen-bond donors (Lipinski definition) is 0. The number of amides is 2. The number of rotatable bonds is 14. The topological polar surface area (TPSA) is 116 Å². The van der Waals surface area contributed by atoms with Crippen molar-refractivity contribution in [2.45, 2.75) is 25.5 Å². The summed E-state index contributed by atoms with van der Waals surface area (Å²) in [4.78, 5) is 51.1. The number of carbonyl (C=O) groups is 2. The summed E-state index contributed by atoms with van der Waals surface area (Å²) in [5.41, 5.74) is 2.02. The van der Waals surface area contributed by atoms with Gasteiger partial charge in [-0.25, -0.2) is 4.98 Å². The maximum absolute atomic E-state index is 13.7. The Morgan fingerprint density at radius 1 is 0.878 bits per heavy atom. The molecule has 6 rings (SSSR count). The summed E-state index contributed by atoms with van der Waals surface area (Å²) in [6, 6.07) is 17.9. The van der Waals surface area contributed by atoms with Crippen LogP contribution in [0.2, 0.25) is 0 Å². The molecule has 2 aliphatic heterocycles. The van der Waals surface area contributed by atoms with E-state index in [1.54, 1.807) is 49.1 Å². The quantitative estimate of drug-likeness (QED) is 0.186. The zero-order valence-corrected chi connectivity index (χ0v) is 28.5. The lowest BCUT2D eigenvalue weighted by atomic mass is 10.1. The maximum atomic E-state index is 13.7. The number of methoxy groups -OCH3 is 2. The smallest absolute Gasteiger partial charge is 0.261 e. The van der Waals surface area contributed by atoms with Gasteiger partial charge in [0.2, 0.25) is 0 Å². The highest BCUT2D eigenvalue weighted by molar-refractivity contribution is 6.21. The molecule has 12 nitrogen and oxygen atoms in total. The van der Waals surface area contributed by atoms with E-state index >= 15 is 0 Å². The Bertz CT molecular complexity index is 1890. The van der Waals surface area contributed by atoms with Crippen LogP contribution in [0.3, 0.4) is 0 Å². The van der Waals surface area contributed by atoms with Crippen molar-refractivity contribution in [2.75, 3.05) is 74.3 Å². The highest BCUT2D eigenvalue weighted by Gasteiger charge is 2.36. The third-order valence-corrected chi connectivity index (χ3v) is 8.98. The van der Waals surface area contributed by atoms with Crippen molar-refractivity contribution in [3.8, 4) is 17.2 Å². The van der Waals surface area contributed by atoms with Gasteiger partial charge in [0.25, 0.3) is 17.4 Å². The molecular formula is C37H43N5O7. The van der Waals surface area contributed by atoms with Gasteiger partial charge in [-0.15, -0.1) is 0 Å². The first-order chi connectivity index (χ1) is 23.7. The molecule has 258 valence electrons. The third kappa shape index (κ3) is 7.61. The van der Waals surface area contributed by atoms with Crippen molar-refractivity contribution in [3.05, 3.63) is 93.5 Å². The number of aryl methyl sites for hydroxylation is 1. The molecule has 1 fully saturated rings. The molecule has 3 heterocycles. The van der Waals surface area contributed by atoms with Gasteiger partial charge < -0.3 is 23.8 Å². The lowest BCUT2D eigenvalue weighted by Gasteiger charge is -2.34. The largest absolute Gasteiger partial charge is 0.493 e. The molecule has 1 saturated heterocycles. The van der Waals surface area contributed by atoms with Gasteiger partial charge in [-0.3, -0.25) is 28.8 Å². The van der Waals surface area contributed by atoms with Crippen molar-refractivity contribution in [1.82, 2.24) is 24.3 Å². The van der Waals surface area contributed by atoms with Gasteiger partial charge in [-0.05, 0) is 68.5 Å². The van der Waals surface area contributed by atoms with Gasteiger partial charge in [0.1, 0.15) is 18.2 Å². The van der Waals surface area contributed by atoms with E-state index in [-0.39, 0.29) is 36.4 Å². The molecule has 2 aliphatic rings. The minimum absolute atomic E-state index is 0.0782. The van der Waals surface area contributed by atoms with Crippen LogP contribution in [0.1, 0.15) is 32.1 Å². The van der Waals surface area contributed by atoms with Gasteiger partial charge >= 0.3 is 0 Å². The average molecular weight is 670 g/mol. The normalized spacial score (nSPS) is 16.4. The molecule has 0 spiro atoms. The van der Waals surface area contributed by atoms with E-state index in [2.05, 4.69) is 9.80 Å². The van der Waals surface area contributed by atoms with Crippen molar-refractivity contribution < 1.29 is 28.5 Å². The van der Waals surface area contributed by atoms with Crippen LogP contribution in [0, 0.1) is 0 Å². The number of nitrogens with zero attached hydrogens (tertiary/aromatic N) is 5. The summed E-state index contributed by atoms with van der Waals surface area (Å²) < 4.78 is 24.3. The number of likely N-dealkylation sites (N-methyl/N-ethyl adjacent to an activating group) is 1. The maximum Gasteiger partial charge on any atom is 0.261 e. The van der Waals surface area contributed by atoms with Crippen molar-refractivity contribution in [3.63, 3.8) is 0 Å². The van der Waals surface area contributed by atoms with Crippen LogP contribution in [-0.4, -0.2) is 116 Å². The Labute approximate surface area is 285 Å². The van der Waals surface area contributed by atoms with Gasteiger partial charge in [-0.2, -0.15) is 0 Å². The Balaban J connectivity index is 1.13. The molecule has 0 aliphatic carbocycles. The number of fused-ring (bicyclic) bond motifs is 2. The molecule has 0 bridgehead atoms. The van der Waals surface area contributed by atoms with E-state index in [4.69, 9.17) is 23.9 Å². The molecule has 1 unspecified atom stereocenters. The fourth-order valence-electron chi connectivity index (χ4n) is 6.48. The van der Waals surface area contributed by atoms with Gasteiger partial charge in [0.15, 0.2) is 11.5 Å².